The number of hydrogen-bond acceptors (Lipinski definition) is 4. The lowest BCUT2D eigenvalue weighted by Gasteiger charge is -2.26. The summed E-state index contributed by atoms with van der Waals surface area (Å²) in [4.78, 5) is 25.3. The zero-order valence-electron chi connectivity index (χ0n) is 17.3. The van der Waals surface area contributed by atoms with Crippen LogP contribution in [0.25, 0.3) is 0 Å². The Morgan fingerprint density at radius 2 is 1.83 bits per heavy atom. The van der Waals surface area contributed by atoms with E-state index in [0.717, 1.165) is 16.5 Å². The summed E-state index contributed by atoms with van der Waals surface area (Å²) >= 11 is 3.55. The summed E-state index contributed by atoms with van der Waals surface area (Å²) in [6.45, 7) is 5.40. The Hall–Kier alpha value is -2.54. The van der Waals surface area contributed by atoms with Crippen molar-refractivity contribution in [2.45, 2.75) is 51.4 Å². The van der Waals surface area contributed by atoms with Gasteiger partial charge in [-0.05, 0) is 66.4 Å². The van der Waals surface area contributed by atoms with Crippen molar-refractivity contribution in [1.29, 1.82) is 0 Å². The second-order valence-electron chi connectivity index (χ2n) is 8.39. The highest BCUT2D eigenvalue weighted by Gasteiger charge is 2.42. The molecule has 2 aromatic rings. The highest BCUT2D eigenvalue weighted by Crippen LogP contribution is 2.31. The van der Waals surface area contributed by atoms with Crippen LogP contribution in [0.4, 0.5) is 4.79 Å². The summed E-state index contributed by atoms with van der Waals surface area (Å²) in [6.07, 6.45) is -0.0724. The minimum atomic E-state index is -1.07. The summed E-state index contributed by atoms with van der Waals surface area (Å²) < 4.78 is 12.2. The summed E-state index contributed by atoms with van der Waals surface area (Å²) in [5.41, 5.74) is 1.65. The number of carboxylic acids is 1. The first-order valence-electron chi connectivity index (χ1n) is 9.84. The molecule has 1 fully saturated rings. The molecule has 1 N–H and O–H groups in total. The molecule has 6 nitrogen and oxygen atoms in total. The fourth-order valence-electron chi connectivity index (χ4n) is 3.40. The molecule has 0 saturated carbocycles. The van der Waals surface area contributed by atoms with Gasteiger partial charge >= 0.3 is 12.1 Å². The Morgan fingerprint density at radius 1 is 1.13 bits per heavy atom. The lowest BCUT2D eigenvalue weighted by atomic mass is 10.1. The quantitative estimate of drug-likeness (QED) is 0.666. The molecule has 1 heterocycles. The summed E-state index contributed by atoms with van der Waals surface area (Å²) in [6, 6.07) is 15.1. The minimum absolute atomic E-state index is 0.157. The van der Waals surface area contributed by atoms with Crippen LogP contribution >= 0.6 is 15.9 Å². The molecule has 30 heavy (non-hydrogen) atoms. The number of benzene rings is 2. The van der Waals surface area contributed by atoms with Crippen molar-refractivity contribution in [3.63, 3.8) is 0 Å². The van der Waals surface area contributed by atoms with Crippen molar-refractivity contribution < 1.29 is 24.2 Å². The predicted octanol–water partition coefficient (Wildman–Crippen LogP) is 4.88. The SMILES string of the molecule is CC(C)(C)OC(=O)N1C[C@@H](Oc2ccc(Cc3ccccc3)cc2Br)C[C@H]1C(=O)O. The number of halogens is 1. The largest absolute Gasteiger partial charge is 0.487 e. The van der Waals surface area contributed by atoms with Crippen LogP contribution in [0, 0.1) is 0 Å². The number of nitrogens with zero attached hydrogens (tertiary/aromatic N) is 1. The molecule has 1 aliphatic heterocycles. The first kappa shape index (κ1) is 22.2. The molecule has 0 bridgehead atoms. The number of likely N-dealkylation sites (tertiary alicyclic amines) is 1. The molecular weight excluding hydrogens is 450 g/mol. The Balaban J connectivity index is 1.68. The van der Waals surface area contributed by atoms with Crippen molar-refractivity contribution >= 4 is 28.0 Å². The topological polar surface area (TPSA) is 76.1 Å². The average molecular weight is 476 g/mol. The minimum Gasteiger partial charge on any atom is -0.487 e. The Bertz CT molecular complexity index is 910. The monoisotopic (exact) mass is 475 g/mol. The van der Waals surface area contributed by atoms with Gasteiger partial charge in [0.15, 0.2) is 0 Å². The first-order chi connectivity index (χ1) is 14.1. The zero-order chi connectivity index (χ0) is 21.9. The second-order valence-corrected chi connectivity index (χ2v) is 9.24. The highest BCUT2D eigenvalue weighted by molar-refractivity contribution is 9.10. The highest BCUT2D eigenvalue weighted by atomic mass is 79.9. The van der Waals surface area contributed by atoms with E-state index in [1.165, 1.54) is 10.5 Å². The molecule has 0 spiro atoms. The normalized spacial score (nSPS) is 18.9. The van der Waals surface area contributed by atoms with Crippen LogP contribution in [-0.2, 0) is 16.0 Å². The molecule has 0 radical (unpaired) electrons. The number of carbonyl (C=O) groups is 2. The molecule has 0 aliphatic carbocycles. The number of hydrogen-bond donors (Lipinski definition) is 1. The van der Waals surface area contributed by atoms with E-state index in [1.54, 1.807) is 20.8 Å². The number of carbonyl (C=O) groups excluding carboxylic acids is 1. The molecule has 1 aliphatic rings. The number of amides is 1. The van der Waals surface area contributed by atoms with Crippen LogP contribution in [-0.4, -0.2) is 46.4 Å². The van der Waals surface area contributed by atoms with Gasteiger partial charge in [0.2, 0.25) is 0 Å². The van der Waals surface area contributed by atoms with Gasteiger partial charge in [-0.2, -0.15) is 0 Å². The smallest absolute Gasteiger partial charge is 0.411 e. The van der Waals surface area contributed by atoms with Crippen LogP contribution < -0.4 is 4.74 Å². The van der Waals surface area contributed by atoms with Gasteiger partial charge in [-0.1, -0.05) is 36.4 Å². The maximum absolute atomic E-state index is 12.4. The fourth-order valence-corrected chi connectivity index (χ4v) is 3.92. The van der Waals surface area contributed by atoms with E-state index in [0.29, 0.717) is 5.75 Å². The van der Waals surface area contributed by atoms with Crippen molar-refractivity contribution in [1.82, 2.24) is 4.90 Å². The number of carboxylic acid groups (broad SMARTS) is 1. The fraction of sp³-hybridized carbons (Fsp3) is 0.391. The Labute approximate surface area is 184 Å². The Morgan fingerprint density at radius 3 is 2.43 bits per heavy atom. The van der Waals surface area contributed by atoms with Gasteiger partial charge in [-0.25, -0.2) is 9.59 Å². The lowest BCUT2D eigenvalue weighted by Crippen LogP contribution is -2.43. The molecule has 7 heteroatoms. The predicted molar refractivity (Wildman–Crippen MR) is 117 cm³/mol. The van der Waals surface area contributed by atoms with Crippen LogP contribution in [0.5, 0.6) is 5.75 Å². The van der Waals surface area contributed by atoms with Gasteiger partial charge < -0.3 is 14.6 Å². The average Bonchev–Trinajstić information content (AvgIpc) is 3.08. The number of rotatable bonds is 5. The van der Waals surface area contributed by atoms with E-state index in [9.17, 15) is 14.7 Å². The van der Waals surface area contributed by atoms with Crippen LogP contribution in [0.3, 0.4) is 0 Å². The third-order valence-corrected chi connectivity index (χ3v) is 5.34. The molecule has 1 saturated heterocycles. The van der Waals surface area contributed by atoms with E-state index in [2.05, 4.69) is 28.1 Å². The molecule has 2 atom stereocenters. The van der Waals surface area contributed by atoms with Crippen LogP contribution in [0.1, 0.15) is 38.3 Å². The number of aliphatic carboxylic acids is 1. The summed E-state index contributed by atoms with van der Waals surface area (Å²) in [5, 5.41) is 9.53. The molecule has 160 valence electrons. The molecular formula is C23H26BrNO5. The summed E-state index contributed by atoms with van der Waals surface area (Å²) in [7, 11) is 0. The van der Waals surface area contributed by atoms with Crippen LogP contribution in [0.15, 0.2) is 53.0 Å². The lowest BCUT2D eigenvalue weighted by molar-refractivity contribution is -0.142. The third kappa shape index (κ3) is 5.75. The maximum Gasteiger partial charge on any atom is 0.411 e. The third-order valence-electron chi connectivity index (χ3n) is 4.72. The first-order valence-corrected chi connectivity index (χ1v) is 10.6. The number of ether oxygens (including phenoxy) is 2. The molecule has 1 amide bonds. The van der Waals surface area contributed by atoms with Gasteiger partial charge in [0, 0.05) is 6.42 Å². The van der Waals surface area contributed by atoms with Gasteiger partial charge in [0.05, 0.1) is 11.0 Å². The van der Waals surface area contributed by atoms with Crippen molar-refractivity contribution in [2.24, 2.45) is 0 Å². The van der Waals surface area contributed by atoms with Crippen molar-refractivity contribution in [2.75, 3.05) is 6.54 Å². The van der Waals surface area contributed by atoms with E-state index in [1.807, 2.05) is 36.4 Å². The molecule has 0 aromatic heterocycles. The van der Waals surface area contributed by atoms with Crippen LogP contribution in [0.2, 0.25) is 0 Å². The molecule has 0 unspecified atom stereocenters. The van der Waals surface area contributed by atoms with Gasteiger partial charge in [-0.15, -0.1) is 0 Å². The molecule has 3 rings (SSSR count). The van der Waals surface area contributed by atoms with E-state index >= 15 is 0 Å². The molecule has 2 aromatic carbocycles. The van der Waals surface area contributed by atoms with E-state index in [-0.39, 0.29) is 13.0 Å². The van der Waals surface area contributed by atoms with Crippen molar-refractivity contribution in [3.05, 3.63) is 64.1 Å². The van der Waals surface area contributed by atoms with E-state index in [4.69, 9.17) is 9.47 Å². The standard InChI is InChI=1S/C23H26BrNO5/c1-23(2,3)30-22(28)25-14-17(13-19(25)21(26)27)29-20-10-9-16(12-18(20)24)11-15-7-5-4-6-8-15/h4-10,12,17,19H,11,13-14H2,1-3H3,(H,26,27)/t17-,19-/m0/s1. The van der Waals surface area contributed by atoms with Gasteiger partial charge in [-0.3, -0.25) is 4.90 Å². The Kier molecular flexibility index (Phi) is 6.71. The van der Waals surface area contributed by atoms with Crippen molar-refractivity contribution in [3.8, 4) is 5.75 Å². The maximum atomic E-state index is 12.4. The summed E-state index contributed by atoms with van der Waals surface area (Å²) in [5.74, 6) is -0.448. The second kappa shape index (κ2) is 9.08. The van der Waals surface area contributed by atoms with E-state index < -0.39 is 29.8 Å². The van der Waals surface area contributed by atoms with Gasteiger partial charge in [0.25, 0.3) is 0 Å². The van der Waals surface area contributed by atoms with Gasteiger partial charge in [0.1, 0.15) is 23.5 Å². The zero-order valence-corrected chi connectivity index (χ0v) is 18.9.